The molecule has 0 radical (unpaired) electrons. The zero-order chi connectivity index (χ0) is 11.5. The van der Waals surface area contributed by atoms with Gasteiger partial charge < -0.3 is 5.32 Å². The van der Waals surface area contributed by atoms with E-state index in [1.165, 1.54) is 23.1 Å². The molecule has 0 aliphatic carbocycles. The van der Waals surface area contributed by atoms with Crippen molar-refractivity contribution in [2.45, 2.75) is 46.1 Å². The zero-order valence-electron chi connectivity index (χ0n) is 10.6. The van der Waals surface area contributed by atoms with Crippen molar-refractivity contribution >= 4 is 0 Å². The zero-order valence-corrected chi connectivity index (χ0v) is 10.6. The van der Waals surface area contributed by atoms with Crippen LogP contribution in [0.5, 0.6) is 0 Å². The Morgan fingerprint density at radius 3 is 2.47 bits per heavy atom. The molecular weight excluding hydrogens is 182 g/mol. The molecule has 0 heterocycles. The SMILES string of the molecule is CNC(C)(C)CCc1cc(C)ccc1C. The normalized spacial score (nSPS) is 11.8. The Hall–Kier alpha value is -0.820. The maximum Gasteiger partial charge on any atom is 0.0125 e. The lowest BCUT2D eigenvalue weighted by Gasteiger charge is -2.24. The molecule has 0 saturated heterocycles. The van der Waals surface area contributed by atoms with Crippen LogP contribution < -0.4 is 5.32 Å². The summed E-state index contributed by atoms with van der Waals surface area (Å²) >= 11 is 0. The summed E-state index contributed by atoms with van der Waals surface area (Å²) in [4.78, 5) is 0. The van der Waals surface area contributed by atoms with Crippen molar-refractivity contribution in [1.82, 2.24) is 5.32 Å². The van der Waals surface area contributed by atoms with E-state index in [4.69, 9.17) is 0 Å². The van der Waals surface area contributed by atoms with Crippen LogP contribution in [0, 0.1) is 13.8 Å². The highest BCUT2D eigenvalue weighted by Crippen LogP contribution is 2.17. The van der Waals surface area contributed by atoms with E-state index >= 15 is 0 Å². The average molecular weight is 205 g/mol. The Labute approximate surface area is 93.9 Å². The van der Waals surface area contributed by atoms with Gasteiger partial charge in [-0.05, 0) is 58.7 Å². The third kappa shape index (κ3) is 3.67. The molecule has 0 amide bonds. The Morgan fingerprint density at radius 2 is 1.87 bits per heavy atom. The van der Waals surface area contributed by atoms with Crippen LogP contribution in [0.2, 0.25) is 0 Å². The molecule has 15 heavy (non-hydrogen) atoms. The van der Waals surface area contributed by atoms with E-state index in [0.717, 1.165) is 6.42 Å². The second-order valence-corrected chi connectivity index (χ2v) is 5.06. The fourth-order valence-electron chi connectivity index (χ4n) is 1.64. The minimum absolute atomic E-state index is 0.232. The topological polar surface area (TPSA) is 12.0 Å². The van der Waals surface area contributed by atoms with Gasteiger partial charge in [0.15, 0.2) is 0 Å². The van der Waals surface area contributed by atoms with E-state index in [0.29, 0.717) is 0 Å². The van der Waals surface area contributed by atoms with Gasteiger partial charge >= 0.3 is 0 Å². The van der Waals surface area contributed by atoms with Gasteiger partial charge in [0.25, 0.3) is 0 Å². The predicted molar refractivity (Wildman–Crippen MR) is 67.4 cm³/mol. The summed E-state index contributed by atoms with van der Waals surface area (Å²) in [5.41, 5.74) is 4.49. The van der Waals surface area contributed by atoms with E-state index in [-0.39, 0.29) is 5.54 Å². The Balaban J connectivity index is 2.69. The maximum absolute atomic E-state index is 3.35. The molecule has 1 aromatic rings. The molecule has 1 aromatic carbocycles. The summed E-state index contributed by atoms with van der Waals surface area (Å²) in [5, 5.41) is 3.35. The molecule has 1 rings (SSSR count). The minimum atomic E-state index is 0.232. The number of hydrogen-bond acceptors (Lipinski definition) is 1. The first-order valence-corrected chi connectivity index (χ1v) is 5.70. The van der Waals surface area contributed by atoms with Crippen molar-refractivity contribution in [3.63, 3.8) is 0 Å². The lowest BCUT2D eigenvalue weighted by molar-refractivity contribution is 0.393. The van der Waals surface area contributed by atoms with Gasteiger partial charge in [0, 0.05) is 5.54 Å². The van der Waals surface area contributed by atoms with Gasteiger partial charge in [-0.1, -0.05) is 23.8 Å². The molecule has 1 N–H and O–H groups in total. The van der Waals surface area contributed by atoms with Crippen molar-refractivity contribution < 1.29 is 0 Å². The van der Waals surface area contributed by atoms with E-state index < -0.39 is 0 Å². The second-order valence-electron chi connectivity index (χ2n) is 5.06. The first-order valence-electron chi connectivity index (χ1n) is 5.70. The predicted octanol–water partition coefficient (Wildman–Crippen LogP) is 3.23. The van der Waals surface area contributed by atoms with Crippen molar-refractivity contribution in [3.8, 4) is 0 Å². The molecule has 0 fully saturated rings. The van der Waals surface area contributed by atoms with Crippen LogP contribution >= 0.6 is 0 Å². The van der Waals surface area contributed by atoms with Crippen molar-refractivity contribution in [3.05, 3.63) is 34.9 Å². The standard InChI is InChI=1S/C14H23N/c1-11-6-7-12(2)13(10-11)8-9-14(3,4)15-5/h6-7,10,15H,8-9H2,1-5H3. The third-order valence-electron chi connectivity index (χ3n) is 3.20. The summed E-state index contributed by atoms with van der Waals surface area (Å²) < 4.78 is 0. The van der Waals surface area contributed by atoms with Crippen LogP contribution in [0.1, 0.15) is 37.0 Å². The molecule has 0 atom stereocenters. The van der Waals surface area contributed by atoms with Gasteiger partial charge in [0.05, 0.1) is 0 Å². The third-order valence-corrected chi connectivity index (χ3v) is 3.20. The maximum atomic E-state index is 3.35. The van der Waals surface area contributed by atoms with E-state index in [2.05, 4.69) is 51.2 Å². The van der Waals surface area contributed by atoms with Gasteiger partial charge in [0.1, 0.15) is 0 Å². The van der Waals surface area contributed by atoms with Crippen LogP contribution in [-0.2, 0) is 6.42 Å². The van der Waals surface area contributed by atoms with Gasteiger partial charge in [-0.15, -0.1) is 0 Å². The van der Waals surface area contributed by atoms with E-state index in [1.807, 2.05) is 7.05 Å². The van der Waals surface area contributed by atoms with Crippen molar-refractivity contribution in [2.24, 2.45) is 0 Å². The molecule has 1 heteroatoms. The van der Waals surface area contributed by atoms with E-state index in [9.17, 15) is 0 Å². The molecule has 0 aliphatic heterocycles. The van der Waals surface area contributed by atoms with Crippen molar-refractivity contribution in [2.75, 3.05) is 7.05 Å². The van der Waals surface area contributed by atoms with Gasteiger partial charge in [-0.25, -0.2) is 0 Å². The van der Waals surface area contributed by atoms with Crippen LogP contribution in [0.25, 0.3) is 0 Å². The fraction of sp³-hybridized carbons (Fsp3) is 0.571. The van der Waals surface area contributed by atoms with Gasteiger partial charge in [-0.3, -0.25) is 0 Å². The number of hydrogen-bond donors (Lipinski definition) is 1. The highest BCUT2D eigenvalue weighted by Gasteiger charge is 2.14. The van der Waals surface area contributed by atoms with Gasteiger partial charge in [-0.2, -0.15) is 0 Å². The second kappa shape index (κ2) is 4.80. The molecule has 0 unspecified atom stereocenters. The fourth-order valence-corrected chi connectivity index (χ4v) is 1.64. The Kier molecular flexibility index (Phi) is 3.92. The molecule has 0 spiro atoms. The van der Waals surface area contributed by atoms with Crippen LogP contribution in [0.15, 0.2) is 18.2 Å². The van der Waals surface area contributed by atoms with Crippen molar-refractivity contribution in [1.29, 1.82) is 0 Å². The lowest BCUT2D eigenvalue weighted by atomic mass is 9.93. The van der Waals surface area contributed by atoms with Crippen LogP contribution in [-0.4, -0.2) is 12.6 Å². The smallest absolute Gasteiger partial charge is 0.0125 e. The monoisotopic (exact) mass is 205 g/mol. The summed E-state index contributed by atoms with van der Waals surface area (Å²) in [6, 6.07) is 6.71. The molecule has 0 bridgehead atoms. The first kappa shape index (κ1) is 12.3. The summed E-state index contributed by atoms with van der Waals surface area (Å²) in [5.74, 6) is 0. The molecule has 0 saturated carbocycles. The summed E-state index contributed by atoms with van der Waals surface area (Å²) in [7, 11) is 2.03. The van der Waals surface area contributed by atoms with Gasteiger partial charge in [0.2, 0.25) is 0 Å². The molecule has 1 nitrogen and oxygen atoms in total. The lowest BCUT2D eigenvalue weighted by Crippen LogP contribution is -2.36. The van der Waals surface area contributed by atoms with Crippen LogP contribution in [0.4, 0.5) is 0 Å². The number of nitrogens with one attached hydrogen (secondary N) is 1. The summed E-state index contributed by atoms with van der Waals surface area (Å²) in [6.45, 7) is 8.85. The van der Waals surface area contributed by atoms with E-state index in [1.54, 1.807) is 0 Å². The number of benzene rings is 1. The average Bonchev–Trinajstić information content (AvgIpc) is 2.20. The summed E-state index contributed by atoms with van der Waals surface area (Å²) in [6.07, 6.45) is 2.33. The highest BCUT2D eigenvalue weighted by molar-refractivity contribution is 5.30. The Morgan fingerprint density at radius 1 is 1.20 bits per heavy atom. The highest BCUT2D eigenvalue weighted by atomic mass is 14.9. The number of aryl methyl sites for hydroxylation is 3. The molecular formula is C14H23N. The Bertz CT molecular complexity index is 326. The molecule has 0 aliphatic rings. The minimum Gasteiger partial charge on any atom is -0.315 e. The number of rotatable bonds is 4. The first-order chi connectivity index (χ1) is 6.94. The quantitative estimate of drug-likeness (QED) is 0.795. The van der Waals surface area contributed by atoms with Crippen LogP contribution in [0.3, 0.4) is 0 Å². The molecule has 0 aromatic heterocycles. The molecule has 84 valence electrons. The largest absolute Gasteiger partial charge is 0.315 e.